The van der Waals surface area contributed by atoms with Crippen LogP contribution in [0.15, 0.2) is 12.1 Å². The number of aliphatic carboxylic acids is 1. The lowest BCUT2D eigenvalue weighted by Gasteiger charge is -2.36. The molecule has 1 saturated heterocycles. The minimum Gasteiger partial charge on any atom is -0.481 e. The molecule has 1 aromatic heterocycles. The van der Waals surface area contributed by atoms with Crippen molar-refractivity contribution in [3.05, 3.63) is 23.4 Å². The van der Waals surface area contributed by atoms with Crippen molar-refractivity contribution in [3.63, 3.8) is 0 Å². The Bertz CT molecular complexity index is 524. The van der Waals surface area contributed by atoms with Crippen molar-refractivity contribution in [1.29, 1.82) is 5.26 Å². The first-order valence-corrected chi connectivity index (χ1v) is 6.05. The van der Waals surface area contributed by atoms with Crippen LogP contribution in [0.4, 0.5) is 5.82 Å². The molecular formula is C13H15N3O3. The maximum atomic E-state index is 10.9. The molecule has 1 aromatic rings. The van der Waals surface area contributed by atoms with Gasteiger partial charge in [-0.25, -0.2) is 4.98 Å². The molecule has 0 amide bonds. The molecule has 2 rings (SSSR count). The van der Waals surface area contributed by atoms with Gasteiger partial charge in [-0.05, 0) is 19.1 Å². The van der Waals surface area contributed by atoms with Gasteiger partial charge in [0.05, 0.1) is 31.2 Å². The van der Waals surface area contributed by atoms with Crippen LogP contribution < -0.4 is 4.90 Å². The normalized spacial score (nSPS) is 18.9. The molecule has 2 heterocycles. The number of carboxylic acid groups (broad SMARTS) is 1. The van der Waals surface area contributed by atoms with Crippen molar-refractivity contribution in [3.8, 4) is 6.07 Å². The minimum absolute atomic E-state index is 0.0273. The van der Waals surface area contributed by atoms with Crippen LogP contribution in [0, 0.1) is 18.3 Å². The number of hydrogen-bond donors (Lipinski definition) is 1. The number of hydrogen-bond acceptors (Lipinski definition) is 5. The lowest BCUT2D eigenvalue weighted by atomic mass is 10.1. The average molecular weight is 261 g/mol. The summed E-state index contributed by atoms with van der Waals surface area (Å²) in [4.78, 5) is 17.1. The van der Waals surface area contributed by atoms with Crippen LogP contribution in [0.3, 0.4) is 0 Å². The molecule has 1 aliphatic heterocycles. The fraction of sp³-hybridized carbons (Fsp3) is 0.462. The van der Waals surface area contributed by atoms with Gasteiger partial charge in [0.15, 0.2) is 0 Å². The van der Waals surface area contributed by atoms with Gasteiger partial charge in [-0.1, -0.05) is 0 Å². The molecule has 1 aliphatic rings. The van der Waals surface area contributed by atoms with Crippen molar-refractivity contribution in [2.75, 3.05) is 24.7 Å². The number of anilines is 1. The topological polar surface area (TPSA) is 86.5 Å². The van der Waals surface area contributed by atoms with Crippen LogP contribution in [-0.4, -0.2) is 41.9 Å². The number of morpholine rings is 1. The summed E-state index contributed by atoms with van der Waals surface area (Å²) < 4.78 is 5.32. The number of aromatic nitrogens is 1. The highest BCUT2D eigenvalue weighted by Crippen LogP contribution is 2.23. The highest BCUT2D eigenvalue weighted by atomic mass is 16.5. The van der Waals surface area contributed by atoms with E-state index in [1.165, 1.54) is 0 Å². The molecule has 0 aromatic carbocycles. The highest BCUT2D eigenvalue weighted by molar-refractivity contribution is 5.69. The Morgan fingerprint density at radius 2 is 2.47 bits per heavy atom. The highest BCUT2D eigenvalue weighted by Gasteiger charge is 2.28. The average Bonchev–Trinajstić information content (AvgIpc) is 2.38. The molecule has 19 heavy (non-hydrogen) atoms. The monoisotopic (exact) mass is 261 g/mol. The molecule has 0 bridgehead atoms. The summed E-state index contributed by atoms with van der Waals surface area (Å²) in [5.74, 6) is -0.330. The largest absolute Gasteiger partial charge is 0.481 e. The fourth-order valence-electron chi connectivity index (χ4n) is 2.15. The van der Waals surface area contributed by atoms with Crippen molar-refractivity contribution >= 4 is 11.8 Å². The summed E-state index contributed by atoms with van der Waals surface area (Å²) in [6.45, 7) is 3.24. The number of pyridine rings is 1. The fourth-order valence-corrected chi connectivity index (χ4v) is 2.15. The van der Waals surface area contributed by atoms with Gasteiger partial charge in [-0.3, -0.25) is 4.79 Å². The third kappa shape index (κ3) is 3.01. The molecule has 0 saturated carbocycles. The first-order chi connectivity index (χ1) is 9.11. The van der Waals surface area contributed by atoms with Crippen LogP contribution in [0.1, 0.15) is 17.7 Å². The number of ether oxygens (including phenoxy) is 1. The van der Waals surface area contributed by atoms with E-state index in [0.29, 0.717) is 31.1 Å². The van der Waals surface area contributed by atoms with E-state index in [0.717, 1.165) is 5.69 Å². The van der Waals surface area contributed by atoms with Crippen LogP contribution in [-0.2, 0) is 9.53 Å². The second kappa shape index (κ2) is 5.67. The number of carboxylic acids is 1. The van der Waals surface area contributed by atoms with Gasteiger partial charge < -0.3 is 14.7 Å². The summed E-state index contributed by atoms with van der Waals surface area (Å²) in [5.41, 5.74) is 1.26. The Morgan fingerprint density at radius 1 is 1.68 bits per heavy atom. The van der Waals surface area contributed by atoms with Crippen molar-refractivity contribution in [2.45, 2.75) is 19.4 Å². The van der Waals surface area contributed by atoms with Gasteiger partial charge in [0.1, 0.15) is 11.9 Å². The Balaban J connectivity index is 2.34. The van der Waals surface area contributed by atoms with E-state index < -0.39 is 5.97 Å². The smallest absolute Gasteiger partial charge is 0.305 e. The summed E-state index contributed by atoms with van der Waals surface area (Å²) in [5, 5.41) is 18.1. The summed E-state index contributed by atoms with van der Waals surface area (Å²) in [7, 11) is 0. The Kier molecular flexibility index (Phi) is 3.97. The second-order valence-electron chi connectivity index (χ2n) is 4.46. The van der Waals surface area contributed by atoms with Gasteiger partial charge in [0.25, 0.3) is 0 Å². The predicted molar refractivity (Wildman–Crippen MR) is 67.9 cm³/mol. The number of aryl methyl sites for hydroxylation is 1. The summed E-state index contributed by atoms with van der Waals surface area (Å²) in [6.07, 6.45) is -0.0273. The molecule has 100 valence electrons. The zero-order valence-corrected chi connectivity index (χ0v) is 10.7. The number of nitrogens with zero attached hydrogens (tertiary/aromatic N) is 3. The van der Waals surface area contributed by atoms with Crippen molar-refractivity contribution in [1.82, 2.24) is 4.98 Å². The third-order valence-electron chi connectivity index (χ3n) is 3.04. The van der Waals surface area contributed by atoms with E-state index in [1.807, 2.05) is 11.8 Å². The summed E-state index contributed by atoms with van der Waals surface area (Å²) >= 11 is 0. The molecule has 1 N–H and O–H groups in total. The van der Waals surface area contributed by atoms with Crippen molar-refractivity contribution < 1.29 is 14.6 Å². The lowest BCUT2D eigenvalue weighted by molar-refractivity contribution is -0.138. The van der Waals surface area contributed by atoms with Crippen LogP contribution in [0.25, 0.3) is 0 Å². The molecule has 6 heteroatoms. The lowest BCUT2D eigenvalue weighted by Crippen LogP contribution is -2.47. The van der Waals surface area contributed by atoms with E-state index >= 15 is 0 Å². The maximum absolute atomic E-state index is 10.9. The molecule has 0 spiro atoms. The van der Waals surface area contributed by atoms with Gasteiger partial charge in [-0.15, -0.1) is 0 Å². The first kappa shape index (κ1) is 13.3. The maximum Gasteiger partial charge on any atom is 0.305 e. The number of carbonyl (C=O) groups is 1. The van der Waals surface area contributed by atoms with Gasteiger partial charge in [-0.2, -0.15) is 5.26 Å². The standard InChI is InChI=1S/C13H15N3O3/c1-9-2-3-10(7-14)13(15-9)16-4-5-19-8-11(16)6-12(17)18/h2-3,11H,4-6,8H2,1H3,(H,17,18). The Labute approximate surface area is 111 Å². The van der Waals surface area contributed by atoms with E-state index in [2.05, 4.69) is 11.1 Å². The van der Waals surface area contributed by atoms with E-state index in [1.54, 1.807) is 12.1 Å². The molecule has 1 atom stereocenters. The van der Waals surface area contributed by atoms with Crippen LogP contribution in [0.5, 0.6) is 0 Å². The van der Waals surface area contributed by atoms with Crippen molar-refractivity contribution in [2.24, 2.45) is 0 Å². The van der Waals surface area contributed by atoms with Crippen LogP contribution >= 0.6 is 0 Å². The third-order valence-corrected chi connectivity index (χ3v) is 3.04. The van der Waals surface area contributed by atoms with E-state index in [4.69, 9.17) is 15.1 Å². The molecule has 1 unspecified atom stereocenters. The Hall–Kier alpha value is -2.13. The second-order valence-corrected chi connectivity index (χ2v) is 4.46. The van der Waals surface area contributed by atoms with Crippen LogP contribution in [0.2, 0.25) is 0 Å². The first-order valence-electron chi connectivity index (χ1n) is 6.05. The zero-order valence-electron chi connectivity index (χ0n) is 10.7. The zero-order chi connectivity index (χ0) is 13.8. The number of nitriles is 1. The molecule has 6 nitrogen and oxygen atoms in total. The molecule has 1 fully saturated rings. The molecular weight excluding hydrogens is 246 g/mol. The van der Waals surface area contributed by atoms with E-state index in [9.17, 15) is 4.79 Å². The molecule has 0 aliphatic carbocycles. The van der Waals surface area contributed by atoms with Gasteiger partial charge in [0, 0.05) is 12.2 Å². The SMILES string of the molecule is Cc1ccc(C#N)c(N2CCOCC2CC(=O)O)n1. The van der Waals surface area contributed by atoms with Gasteiger partial charge in [0.2, 0.25) is 0 Å². The minimum atomic E-state index is -0.883. The Morgan fingerprint density at radius 3 is 3.16 bits per heavy atom. The predicted octanol–water partition coefficient (Wildman–Crippen LogP) is 0.942. The summed E-state index contributed by atoms with van der Waals surface area (Å²) in [6, 6.07) is 5.30. The quantitative estimate of drug-likeness (QED) is 0.871. The number of rotatable bonds is 3. The molecule has 0 radical (unpaired) electrons. The van der Waals surface area contributed by atoms with E-state index in [-0.39, 0.29) is 12.5 Å². The van der Waals surface area contributed by atoms with Gasteiger partial charge >= 0.3 is 5.97 Å².